The first-order valence-corrected chi connectivity index (χ1v) is 14.2. The van der Waals surface area contributed by atoms with Crippen LogP contribution in [0.15, 0.2) is 17.4 Å². The van der Waals surface area contributed by atoms with Gasteiger partial charge in [0.1, 0.15) is 17.7 Å². The third-order valence-corrected chi connectivity index (χ3v) is 7.68. The molecule has 9 heteroatoms. The highest BCUT2D eigenvalue weighted by Crippen LogP contribution is 2.41. The number of thioether (sulfide) groups is 1. The van der Waals surface area contributed by atoms with Crippen LogP contribution in [0, 0.1) is 0 Å². The molecule has 0 unspecified atom stereocenters. The SMILES string of the molecule is C=P(C)(C)CC[C@H]1O[C@@H](n2c(SCCCCC)nc3c(N)ccnc32)[C@H](O)[C@@H]1O. The Labute approximate surface area is 177 Å². The number of aromatic nitrogens is 3. The van der Waals surface area contributed by atoms with Crippen molar-refractivity contribution in [1.82, 2.24) is 14.5 Å². The molecule has 0 saturated carbocycles. The smallest absolute Gasteiger partial charge is 0.172 e. The monoisotopic (exact) mass is 440 g/mol. The molecule has 4 N–H and O–H groups in total. The van der Waals surface area contributed by atoms with E-state index >= 15 is 0 Å². The molecule has 0 amide bonds. The number of fused-ring (bicyclic) bond motifs is 1. The lowest BCUT2D eigenvalue weighted by Gasteiger charge is -2.20. The molecule has 29 heavy (non-hydrogen) atoms. The van der Waals surface area contributed by atoms with Gasteiger partial charge in [-0.2, -0.15) is 0 Å². The Kier molecular flexibility index (Phi) is 7.33. The van der Waals surface area contributed by atoms with E-state index < -0.39 is 31.4 Å². The van der Waals surface area contributed by atoms with Crippen molar-refractivity contribution in [1.29, 1.82) is 0 Å². The van der Waals surface area contributed by atoms with Gasteiger partial charge in [-0.05, 0) is 38.4 Å². The van der Waals surface area contributed by atoms with Crippen LogP contribution in [0.25, 0.3) is 11.2 Å². The van der Waals surface area contributed by atoms with Crippen LogP contribution in [-0.2, 0) is 4.74 Å². The Balaban J connectivity index is 1.90. The zero-order chi connectivity index (χ0) is 21.2. The maximum atomic E-state index is 10.8. The summed E-state index contributed by atoms with van der Waals surface area (Å²) in [6, 6.07) is 1.72. The topological polar surface area (TPSA) is 106 Å². The van der Waals surface area contributed by atoms with E-state index in [9.17, 15) is 10.2 Å². The fraction of sp³-hybridized carbons (Fsp3) is 0.650. The van der Waals surface area contributed by atoms with E-state index in [4.69, 9.17) is 10.5 Å². The first-order valence-electron chi connectivity index (χ1n) is 10.2. The van der Waals surface area contributed by atoms with Crippen LogP contribution in [0.2, 0.25) is 0 Å². The molecule has 2 aromatic heterocycles. The molecule has 0 aliphatic carbocycles. The van der Waals surface area contributed by atoms with Gasteiger partial charge in [0.05, 0.1) is 11.8 Å². The maximum Gasteiger partial charge on any atom is 0.172 e. The summed E-state index contributed by atoms with van der Waals surface area (Å²) in [5.74, 6) is 0.909. The summed E-state index contributed by atoms with van der Waals surface area (Å²) in [4.78, 5) is 9.14. The normalized spacial score (nSPS) is 25.1. The van der Waals surface area contributed by atoms with E-state index in [-0.39, 0.29) is 0 Å². The number of unbranched alkanes of at least 4 members (excludes halogenated alkanes) is 2. The number of nitrogens with two attached hydrogens (primary N) is 1. The quantitative estimate of drug-likeness (QED) is 0.313. The summed E-state index contributed by atoms with van der Waals surface area (Å²) in [7, 11) is 0. The van der Waals surface area contributed by atoms with Crippen molar-refractivity contribution in [3.63, 3.8) is 0 Å². The van der Waals surface area contributed by atoms with Gasteiger partial charge in [0.25, 0.3) is 0 Å². The standard InChI is InChI=1S/C20H33N4O3PS/c1-5-6-7-12-29-20-23-15-13(21)8-10-22-18(15)24(20)19-17(26)16(25)14(27-19)9-11-28(2,3)4/h8,10,14,16-17,19,25-26H,2,5-7,9,11-12H2,1,3-4H3,(H2,21,22)/t14-,16-,17-,19-/m1/s1. The van der Waals surface area contributed by atoms with Gasteiger partial charge in [-0.25, -0.2) is 9.97 Å². The first kappa shape index (κ1) is 22.6. The second kappa shape index (κ2) is 9.40. The molecule has 4 atom stereocenters. The summed E-state index contributed by atoms with van der Waals surface area (Å²) in [6.45, 7) is 5.24. The van der Waals surface area contributed by atoms with Crippen LogP contribution in [0.1, 0.15) is 38.8 Å². The van der Waals surface area contributed by atoms with Crippen molar-refractivity contribution in [2.24, 2.45) is 0 Å². The van der Waals surface area contributed by atoms with Gasteiger partial charge in [0.15, 0.2) is 17.0 Å². The zero-order valence-corrected chi connectivity index (χ0v) is 19.2. The lowest BCUT2D eigenvalue weighted by atomic mass is 10.1. The third kappa shape index (κ3) is 5.17. The van der Waals surface area contributed by atoms with Crippen LogP contribution in [0.3, 0.4) is 0 Å². The number of imidazole rings is 1. The van der Waals surface area contributed by atoms with Crippen LogP contribution in [-0.4, -0.2) is 74.6 Å². The summed E-state index contributed by atoms with van der Waals surface area (Å²) in [6.07, 6.45) is 7.61. The highest BCUT2D eigenvalue weighted by Gasteiger charge is 2.45. The fourth-order valence-electron chi connectivity index (χ4n) is 3.49. The Morgan fingerprint density at radius 1 is 1.31 bits per heavy atom. The number of hydrogen-bond donors (Lipinski definition) is 3. The fourth-order valence-corrected chi connectivity index (χ4v) is 5.46. The van der Waals surface area contributed by atoms with Gasteiger partial charge in [-0.1, -0.05) is 31.5 Å². The van der Waals surface area contributed by atoms with Gasteiger partial charge in [-0.3, -0.25) is 4.57 Å². The van der Waals surface area contributed by atoms with Crippen molar-refractivity contribution in [3.8, 4) is 0 Å². The van der Waals surface area contributed by atoms with E-state index in [0.717, 1.165) is 31.2 Å². The molecule has 162 valence electrons. The van der Waals surface area contributed by atoms with Crippen LogP contribution < -0.4 is 5.73 Å². The number of aliphatic hydroxyl groups excluding tert-OH is 2. The molecule has 0 spiro atoms. The number of aliphatic hydroxyl groups is 2. The van der Waals surface area contributed by atoms with Gasteiger partial charge >= 0.3 is 0 Å². The highest BCUT2D eigenvalue weighted by molar-refractivity contribution is 7.99. The lowest BCUT2D eigenvalue weighted by molar-refractivity contribution is -0.0400. The van der Waals surface area contributed by atoms with Crippen LogP contribution >= 0.6 is 18.6 Å². The molecule has 1 aliphatic heterocycles. The maximum absolute atomic E-state index is 10.8. The number of hydrogen-bond acceptors (Lipinski definition) is 7. The van der Waals surface area contributed by atoms with Crippen molar-refractivity contribution < 1.29 is 14.9 Å². The molecule has 2 aromatic rings. The molecule has 1 fully saturated rings. The summed E-state index contributed by atoms with van der Waals surface area (Å²) >= 11 is 1.61. The van der Waals surface area contributed by atoms with Crippen molar-refractivity contribution in [2.45, 2.75) is 62.3 Å². The van der Waals surface area contributed by atoms with Crippen molar-refractivity contribution in [3.05, 3.63) is 12.3 Å². The second-order valence-electron chi connectivity index (χ2n) is 8.39. The Hall–Kier alpha value is -1.05. The summed E-state index contributed by atoms with van der Waals surface area (Å²) < 4.78 is 7.97. The number of ether oxygens (including phenoxy) is 1. The zero-order valence-electron chi connectivity index (χ0n) is 17.5. The van der Waals surface area contributed by atoms with E-state index in [1.54, 1.807) is 28.6 Å². The second-order valence-corrected chi connectivity index (χ2v) is 13.8. The molecule has 0 bridgehead atoms. The lowest BCUT2D eigenvalue weighted by Crippen LogP contribution is -2.32. The number of nitrogen functional groups attached to an aromatic ring is 1. The largest absolute Gasteiger partial charge is 0.397 e. The van der Waals surface area contributed by atoms with E-state index in [2.05, 4.69) is 36.5 Å². The summed E-state index contributed by atoms with van der Waals surface area (Å²) in [5, 5.41) is 22.1. The first-order chi connectivity index (χ1) is 13.7. The minimum atomic E-state index is -1.25. The van der Waals surface area contributed by atoms with E-state index in [1.807, 2.05) is 0 Å². The molecule has 0 radical (unpaired) electrons. The average Bonchev–Trinajstić information content (AvgIpc) is 3.16. The molecule has 7 nitrogen and oxygen atoms in total. The minimum Gasteiger partial charge on any atom is -0.397 e. The number of anilines is 1. The molecular weight excluding hydrogens is 407 g/mol. The minimum absolute atomic E-state index is 0.438. The van der Waals surface area contributed by atoms with Crippen molar-refractivity contribution >= 4 is 41.8 Å². The Morgan fingerprint density at radius 2 is 2.07 bits per heavy atom. The number of pyridine rings is 1. The van der Waals surface area contributed by atoms with E-state index in [0.29, 0.717) is 28.4 Å². The predicted molar refractivity (Wildman–Crippen MR) is 123 cm³/mol. The van der Waals surface area contributed by atoms with Crippen LogP contribution in [0.4, 0.5) is 5.69 Å². The molecule has 0 aromatic carbocycles. The number of nitrogens with zero attached hydrogens (tertiary/aromatic N) is 3. The van der Waals surface area contributed by atoms with Crippen LogP contribution in [0.5, 0.6) is 0 Å². The molecule has 1 saturated heterocycles. The Morgan fingerprint density at radius 3 is 2.76 bits per heavy atom. The Bertz CT molecular complexity index is 884. The number of rotatable bonds is 9. The van der Waals surface area contributed by atoms with E-state index in [1.165, 1.54) is 0 Å². The molecule has 3 rings (SSSR count). The third-order valence-electron chi connectivity index (χ3n) is 5.17. The highest BCUT2D eigenvalue weighted by atomic mass is 32.2. The molecular formula is C20H33N4O3PS. The predicted octanol–water partition coefficient (Wildman–Crippen LogP) is 3.01. The van der Waals surface area contributed by atoms with Crippen molar-refractivity contribution in [2.75, 3.05) is 31.0 Å². The summed E-state index contributed by atoms with van der Waals surface area (Å²) in [5.41, 5.74) is 7.83. The van der Waals surface area contributed by atoms with Gasteiger partial charge in [0, 0.05) is 11.9 Å². The average molecular weight is 441 g/mol. The molecule has 3 heterocycles. The van der Waals surface area contributed by atoms with Gasteiger partial charge in [-0.15, -0.1) is 13.2 Å². The van der Waals surface area contributed by atoms with Gasteiger partial charge < -0.3 is 20.7 Å². The van der Waals surface area contributed by atoms with Gasteiger partial charge in [0.2, 0.25) is 0 Å². The molecule has 1 aliphatic rings.